The van der Waals surface area contributed by atoms with Crippen LogP contribution in [0.5, 0.6) is 11.5 Å². The van der Waals surface area contributed by atoms with Gasteiger partial charge in [0.05, 0.1) is 19.6 Å². The van der Waals surface area contributed by atoms with Crippen molar-refractivity contribution in [1.29, 1.82) is 0 Å². The maximum atomic E-state index is 13.0. The molecule has 1 saturated heterocycles. The average molecular weight is 429 g/mol. The van der Waals surface area contributed by atoms with Crippen LogP contribution in [0.15, 0.2) is 12.1 Å². The Kier molecular flexibility index (Phi) is 4.12. The monoisotopic (exact) mass is 428 g/mol. The van der Waals surface area contributed by atoms with Crippen LogP contribution in [0.25, 0.3) is 0 Å². The van der Waals surface area contributed by atoms with Crippen molar-refractivity contribution in [1.82, 2.24) is 4.90 Å². The van der Waals surface area contributed by atoms with E-state index in [1.807, 2.05) is 0 Å². The highest BCUT2D eigenvalue weighted by molar-refractivity contribution is 5.76. The summed E-state index contributed by atoms with van der Waals surface area (Å²) in [6.45, 7) is 1.52. The maximum Gasteiger partial charge on any atom is 0.323 e. The van der Waals surface area contributed by atoms with Gasteiger partial charge in [-0.2, -0.15) is 0 Å². The predicted octanol–water partition coefficient (Wildman–Crippen LogP) is 3.56. The molecule has 2 aliphatic rings. The first-order valence-electron chi connectivity index (χ1n) is 15.2. The molecule has 0 bridgehead atoms. The van der Waals surface area contributed by atoms with Crippen molar-refractivity contribution in [2.75, 3.05) is 27.2 Å². The van der Waals surface area contributed by atoms with Gasteiger partial charge < -0.3 is 19.9 Å². The molecule has 2 aliphatic heterocycles. The molecule has 0 spiro atoms. The Morgan fingerprint density at radius 1 is 1.40 bits per heavy atom. The van der Waals surface area contributed by atoms with Crippen LogP contribution in [-0.2, 0) is 16.0 Å². The normalized spacial score (nSPS) is 35.5. The molecule has 0 saturated carbocycles. The third-order valence-electron chi connectivity index (χ3n) is 5.76. The first-order valence-corrected chi connectivity index (χ1v) is 10.2. The highest BCUT2D eigenvalue weighted by Crippen LogP contribution is 2.44. The number of nitrogens with two attached hydrogens (primary N) is 1. The fourth-order valence-electron chi connectivity index (χ4n) is 4.05. The van der Waals surface area contributed by atoms with Crippen LogP contribution in [-0.4, -0.2) is 50.3 Å². The summed E-state index contributed by atoms with van der Waals surface area (Å²) in [7, 11) is -1.40. The molecule has 6 heteroatoms. The summed E-state index contributed by atoms with van der Waals surface area (Å²) in [5.74, 6) is -4.87. The van der Waals surface area contributed by atoms with E-state index < -0.39 is 56.2 Å². The fourth-order valence-corrected chi connectivity index (χ4v) is 4.05. The number of carbonyl (C=O) groups is 1. The molecule has 1 aromatic rings. The summed E-state index contributed by atoms with van der Waals surface area (Å²) in [5, 5.41) is 0. The highest BCUT2D eigenvalue weighted by Gasteiger charge is 2.41. The Hall–Kier alpha value is -1.79. The first kappa shape index (κ1) is 12.9. The number of nitrogens with zero attached hydrogens (tertiary/aromatic N) is 1. The molecule has 0 aliphatic carbocycles. The van der Waals surface area contributed by atoms with Crippen molar-refractivity contribution < 1.29 is 32.7 Å². The van der Waals surface area contributed by atoms with Gasteiger partial charge >= 0.3 is 5.97 Å². The summed E-state index contributed by atoms with van der Waals surface area (Å²) < 4.78 is 97.9. The fraction of sp³-hybridized carbons (Fsp3) is 0.708. The Bertz CT molecular complexity index is 1110. The van der Waals surface area contributed by atoms with E-state index in [1.54, 1.807) is 18.7 Å². The molecular formula is C24H38N2O4. The zero-order valence-electron chi connectivity index (χ0n) is 28.0. The predicted molar refractivity (Wildman–Crippen MR) is 118 cm³/mol. The van der Waals surface area contributed by atoms with Crippen molar-refractivity contribution in [3.05, 3.63) is 23.3 Å². The molecule has 1 fully saturated rings. The van der Waals surface area contributed by atoms with Gasteiger partial charge in [0.1, 0.15) is 12.1 Å². The number of piperidine rings is 1. The average Bonchev–Trinajstić information content (AvgIpc) is 2.80. The van der Waals surface area contributed by atoms with Crippen LogP contribution >= 0.6 is 0 Å². The minimum atomic E-state index is -2.99. The summed E-state index contributed by atoms with van der Waals surface area (Å²) in [5.41, 5.74) is 7.06. The van der Waals surface area contributed by atoms with Gasteiger partial charge in [0.25, 0.3) is 0 Å². The number of rotatable bonds is 7. The van der Waals surface area contributed by atoms with E-state index in [-0.39, 0.29) is 36.9 Å². The molecule has 1 aromatic carbocycles. The zero-order chi connectivity index (χ0) is 30.6. The molecule has 2 heterocycles. The van der Waals surface area contributed by atoms with Gasteiger partial charge in [-0.25, -0.2) is 0 Å². The van der Waals surface area contributed by atoms with Crippen LogP contribution < -0.4 is 15.2 Å². The van der Waals surface area contributed by atoms with Crippen LogP contribution in [0, 0.1) is 17.7 Å². The Balaban J connectivity index is 2.11. The quantitative estimate of drug-likeness (QED) is 0.670. The molecule has 3 rings (SSSR count). The Morgan fingerprint density at radius 3 is 2.83 bits per heavy atom. The molecule has 4 unspecified atom stereocenters. The molecule has 5 atom stereocenters. The molecule has 168 valence electrons. The SMILES string of the molecule is [2H]C([2H])([2H])Oc1cc2c(cc1OC)C1([2H])CC(OC(=O)[C@@H](N)C(C)C)C(C([2H])([2H])C([2H])(C)C([2H])([2H])[2H])CN1CC2. The van der Waals surface area contributed by atoms with Gasteiger partial charge in [0.15, 0.2) is 11.5 Å². The number of hydrogen-bond acceptors (Lipinski definition) is 6. The molecule has 0 amide bonds. The first-order chi connectivity index (χ1) is 18.1. The van der Waals surface area contributed by atoms with Crippen LogP contribution in [0.4, 0.5) is 0 Å². The number of fused-ring (bicyclic) bond motifs is 3. The molecule has 0 radical (unpaired) electrons. The van der Waals surface area contributed by atoms with E-state index in [0.29, 0.717) is 17.5 Å². The number of carbonyl (C=O) groups excluding carboxylic acids is 1. The minimum absolute atomic E-state index is 0.0168. The lowest BCUT2D eigenvalue weighted by molar-refractivity contribution is -0.160. The number of benzene rings is 1. The topological polar surface area (TPSA) is 74.0 Å². The van der Waals surface area contributed by atoms with Crippen molar-refractivity contribution in [2.24, 2.45) is 23.5 Å². The second kappa shape index (κ2) is 9.56. The second-order valence-corrected chi connectivity index (χ2v) is 8.23. The zero-order valence-corrected chi connectivity index (χ0v) is 18.0. The van der Waals surface area contributed by atoms with Gasteiger partial charge in [-0.3, -0.25) is 9.69 Å². The molecular weight excluding hydrogens is 380 g/mol. The van der Waals surface area contributed by atoms with E-state index in [2.05, 4.69) is 0 Å². The number of esters is 1. The third-order valence-corrected chi connectivity index (χ3v) is 5.76. The number of methoxy groups -OCH3 is 2. The third kappa shape index (κ3) is 4.75. The maximum absolute atomic E-state index is 13.0. The summed E-state index contributed by atoms with van der Waals surface area (Å²) in [6.07, 6.45) is -3.85. The van der Waals surface area contributed by atoms with Crippen LogP contribution in [0.1, 0.15) is 71.3 Å². The lowest BCUT2D eigenvalue weighted by atomic mass is 9.79. The van der Waals surface area contributed by atoms with E-state index >= 15 is 0 Å². The molecule has 2 N–H and O–H groups in total. The van der Waals surface area contributed by atoms with Gasteiger partial charge in [-0.15, -0.1) is 0 Å². The lowest BCUT2D eigenvalue weighted by Gasteiger charge is -2.47. The lowest BCUT2D eigenvalue weighted by Crippen LogP contribution is -2.51. The number of hydrogen-bond donors (Lipinski definition) is 1. The van der Waals surface area contributed by atoms with Crippen molar-refractivity contribution in [3.8, 4) is 11.5 Å². The van der Waals surface area contributed by atoms with Crippen LogP contribution in [0.3, 0.4) is 0 Å². The second-order valence-electron chi connectivity index (χ2n) is 8.23. The smallest absolute Gasteiger partial charge is 0.323 e. The molecule has 6 nitrogen and oxygen atoms in total. The Morgan fingerprint density at radius 2 is 2.17 bits per heavy atom. The van der Waals surface area contributed by atoms with Crippen molar-refractivity contribution in [3.63, 3.8) is 0 Å². The molecule has 30 heavy (non-hydrogen) atoms. The summed E-state index contributed by atoms with van der Waals surface area (Å²) in [4.78, 5) is 14.6. The van der Waals surface area contributed by atoms with E-state index in [9.17, 15) is 6.17 Å². The van der Waals surface area contributed by atoms with E-state index in [1.165, 1.54) is 19.2 Å². The minimum Gasteiger partial charge on any atom is -0.493 e. The largest absolute Gasteiger partial charge is 0.493 e. The van der Waals surface area contributed by atoms with E-state index in [0.717, 1.165) is 6.92 Å². The Labute approximate surface area is 195 Å². The number of ether oxygens (including phenoxy) is 3. The van der Waals surface area contributed by atoms with Gasteiger partial charge in [0, 0.05) is 39.7 Å². The van der Waals surface area contributed by atoms with Crippen molar-refractivity contribution in [2.45, 2.75) is 65.0 Å². The highest BCUT2D eigenvalue weighted by atomic mass is 16.5. The van der Waals surface area contributed by atoms with Gasteiger partial charge in [-0.05, 0) is 47.9 Å². The van der Waals surface area contributed by atoms with Crippen molar-refractivity contribution >= 4 is 5.97 Å². The van der Waals surface area contributed by atoms with Crippen LogP contribution in [0.2, 0.25) is 0 Å². The van der Waals surface area contributed by atoms with E-state index in [4.69, 9.17) is 32.3 Å². The summed E-state index contributed by atoms with van der Waals surface area (Å²) in [6, 6.07) is 0.400. The summed E-state index contributed by atoms with van der Waals surface area (Å²) >= 11 is 0. The standard InChI is InChI=1S/C24H38N2O4/c1-14(2)9-17-13-26-8-7-16-10-21(28-5)22(29-6)11-18(16)19(26)12-20(17)30-24(27)23(25)15(3)4/h10-11,14-15,17,19-20,23H,7-9,12-13,25H2,1-6H3/t17?,19?,20?,23-/m0/s1/i1D3,5D3,9D2,14D,19D/t14?,17?,19?,20?,23-. The van der Waals surface area contributed by atoms with Gasteiger partial charge in [0.2, 0.25) is 0 Å². The van der Waals surface area contributed by atoms with Gasteiger partial charge in [-0.1, -0.05) is 27.6 Å². The molecule has 0 aromatic heterocycles.